The summed E-state index contributed by atoms with van der Waals surface area (Å²) in [5.41, 5.74) is 5.66. The van der Waals surface area contributed by atoms with Gasteiger partial charge in [0.15, 0.2) is 0 Å². The van der Waals surface area contributed by atoms with Gasteiger partial charge in [0, 0.05) is 42.6 Å². The number of carbonyl (C=O) groups excluding carboxylic acids is 1. The lowest BCUT2D eigenvalue weighted by atomic mass is 9.85. The Morgan fingerprint density at radius 2 is 1.95 bits per heavy atom. The van der Waals surface area contributed by atoms with Crippen molar-refractivity contribution in [3.63, 3.8) is 0 Å². The number of carbonyl (C=O) groups is 1. The summed E-state index contributed by atoms with van der Waals surface area (Å²) < 4.78 is 32.5. The first-order valence-corrected chi connectivity index (χ1v) is 5.58. The number of hydrogen-bond acceptors (Lipinski definition) is 3. The molecular weight excluding hydrogens is 278 g/mol. The number of piperidine rings is 1. The van der Waals surface area contributed by atoms with Gasteiger partial charge in [-0.25, -0.2) is 8.78 Å². The van der Waals surface area contributed by atoms with Crippen molar-refractivity contribution in [2.75, 3.05) is 13.7 Å². The highest BCUT2D eigenvalue weighted by molar-refractivity contribution is 5.85. The molecule has 2 rings (SSSR count). The van der Waals surface area contributed by atoms with E-state index in [1.54, 1.807) is 0 Å². The molecular formula is C12H15ClF2N2O2. The number of halogens is 3. The Hall–Kier alpha value is -1.40. The van der Waals surface area contributed by atoms with Crippen LogP contribution in [0.25, 0.3) is 0 Å². The lowest BCUT2D eigenvalue weighted by Crippen LogP contribution is -2.48. The summed E-state index contributed by atoms with van der Waals surface area (Å²) in [6, 6.07) is 1.69. The molecule has 0 aromatic heterocycles. The largest absolute Gasteiger partial charge is 0.497 e. The number of methoxy groups -OCH3 is 1. The van der Waals surface area contributed by atoms with Crippen molar-refractivity contribution in [3.05, 3.63) is 29.3 Å². The van der Waals surface area contributed by atoms with E-state index in [0.717, 1.165) is 12.1 Å². The van der Waals surface area contributed by atoms with Crippen LogP contribution in [0.4, 0.5) is 8.78 Å². The Labute approximate surface area is 115 Å². The van der Waals surface area contributed by atoms with Gasteiger partial charge in [-0.3, -0.25) is 4.79 Å². The first kappa shape index (κ1) is 15.7. The maximum absolute atomic E-state index is 13.9. The highest BCUT2D eigenvalue weighted by Crippen LogP contribution is 2.32. The average molecular weight is 293 g/mol. The first-order valence-electron chi connectivity index (χ1n) is 5.58. The molecule has 106 valence electrons. The smallest absolute Gasteiger partial charge is 0.220 e. The summed E-state index contributed by atoms with van der Waals surface area (Å²) in [6.07, 6.45) is -0.0126. The van der Waals surface area contributed by atoms with Gasteiger partial charge in [-0.05, 0) is 0 Å². The fraction of sp³-hybridized carbons (Fsp3) is 0.417. The van der Waals surface area contributed by atoms with Crippen LogP contribution >= 0.6 is 12.4 Å². The number of hydrogen-bond donors (Lipinski definition) is 2. The van der Waals surface area contributed by atoms with Gasteiger partial charge in [-0.15, -0.1) is 12.4 Å². The standard InChI is InChI=1S/C12H14F2N2O2.ClH/c1-18-6-2-8(13)12(9(14)3-6)7-4-11(17)16-5-10(7)15;/h2-3,7,10H,4-5,15H2,1H3,(H,16,17);1H. The molecule has 1 heterocycles. The molecule has 0 saturated carbocycles. The van der Waals surface area contributed by atoms with Crippen LogP contribution in [0.3, 0.4) is 0 Å². The van der Waals surface area contributed by atoms with Crippen molar-refractivity contribution in [1.29, 1.82) is 0 Å². The SMILES string of the molecule is COc1cc(F)c(C2CC(=O)NCC2N)c(F)c1.Cl. The molecule has 1 amide bonds. The van der Waals surface area contributed by atoms with Gasteiger partial charge in [0.25, 0.3) is 0 Å². The minimum absolute atomic E-state index is 0. The zero-order valence-corrected chi connectivity index (χ0v) is 11.1. The molecule has 1 aliphatic rings. The summed E-state index contributed by atoms with van der Waals surface area (Å²) in [7, 11) is 1.33. The monoisotopic (exact) mass is 292 g/mol. The van der Waals surface area contributed by atoms with Gasteiger partial charge in [0.05, 0.1) is 7.11 Å². The Kier molecular flexibility index (Phi) is 5.08. The fourth-order valence-corrected chi connectivity index (χ4v) is 2.15. The van der Waals surface area contributed by atoms with Crippen LogP contribution < -0.4 is 15.8 Å². The Morgan fingerprint density at radius 3 is 2.47 bits per heavy atom. The zero-order valence-electron chi connectivity index (χ0n) is 10.3. The third-order valence-electron chi connectivity index (χ3n) is 3.12. The molecule has 19 heavy (non-hydrogen) atoms. The predicted molar refractivity (Wildman–Crippen MR) is 68.5 cm³/mol. The van der Waals surface area contributed by atoms with E-state index in [1.165, 1.54) is 7.11 Å². The van der Waals surface area contributed by atoms with Crippen LogP contribution in [0.2, 0.25) is 0 Å². The van der Waals surface area contributed by atoms with Crippen LogP contribution in [0.15, 0.2) is 12.1 Å². The second-order valence-corrected chi connectivity index (χ2v) is 4.28. The van der Waals surface area contributed by atoms with Gasteiger partial charge >= 0.3 is 0 Å². The molecule has 4 nitrogen and oxygen atoms in total. The van der Waals surface area contributed by atoms with E-state index in [0.29, 0.717) is 0 Å². The summed E-state index contributed by atoms with van der Waals surface area (Å²) in [4.78, 5) is 11.3. The van der Waals surface area contributed by atoms with Gasteiger partial charge in [0.2, 0.25) is 5.91 Å². The molecule has 1 aliphatic heterocycles. The topological polar surface area (TPSA) is 64.3 Å². The third kappa shape index (κ3) is 3.13. The molecule has 1 fully saturated rings. The number of rotatable bonds is 2. The number of amides is 1. The molecule has 0 bridgehead atoms. The number of benzene rings is 1. The zero-order chi connectivity index (χ0) is 13.3. The minimum atomic E-state index is -0.734. The Balaban J connectivity index is 0.00000180. The number of nitrogens with two attached hydrogens (primary N) is 1. The van der Waals surface area contributed by atoms with Crippen LogP contribution in [-0.2, 0) is 4.79 Å². The van der Waals surface area contributed by atoms with E-state index in [2.05, 4.69) is 5.32 Å². The predicted octanol–water partition coefficient (Wildman–Crippen LogP) is 1.33. The maximum atomic E-state index is 13.9. The van der Waals surface area contributed by atoms with E-state index in [4.69, 9.17) is 10.5 Å². The van der Waals surface area contributed by atoms with Gasteiger partial charge in [-0.2, -0.15) is 0 Å². The molecule has 3 N–H and O–H groups in total. The number of ether oxygens (including phenoxy) is 1. The normalized spacial score (nSPS) is 22.4. The van der Waals surface area contributed by atoms with E-state index < -0.39 is 23.6 Å². The highest BCUT2D eigenvalue weighted by Gasteiger charge is 2.32. The Morgan fingerprint density at radius 1 is 1.37 bits per heavy atom. The first-order chi connectivity index (χ1) is 8.52. The van der Waals surface area contributed by atoms with Crippen molar-refractivity contribution in [2.24, 2.45) is 5.73 Å². The van der Waals surface area contributed by atoms with Crippen molar-refractivity contribution in [3.8, 4) is 5.75 Å². The molecule has 1 saturated heterocycles. The van der Waals surface area contributed by atoms with Gasteiger partial charge in [0.1, 0.15) is 17.4 Å². The van der Waals surface area contributed by atoms with Crippen LogP contribution in [0.5, 0.6) is 5.75 Å². The van der Waals surface area contributed by atoms with Gasteiger partial charge < -0.3 is 15.8 Å². The van der Waals surface area contributed by atoms with Crippen LogP contribution in [0.1, 0.15) is 17.9 Å². The lowest BCUT2D eigenvalue weighted by molar-refractivity contribution is -0.122. The summed E-state index contributed by atoms with van der Waals surface area (Å²) in [5, 5.41) is 2.56. The van der Waals surface area contributed by atoms with Gasteiger partial charge in [-0.1, -0.05) is 0 Å². The molecule has 0 aliphatic carbocycles. The second kappa shape index (κ2) is 6.16. The molecule has 1 aromatic carbocycles. The van der Waals surface area contributed by atoms with Crippen LogP contribution in [0, 0.1) is 11.6 Å². The molecule has 1 aromatic rings. The highest BCUT2D eigenvalue weighted by atomic mass is 35.5. The van der Waals surface area contributed by atoms with Crippen molar-refractivity contribution >= 4 is 18.3 Å². The van der Waals surface area contributed by atoms with E-state index >= 15 is 0 Å². The minimum Gasteiger partial charge on any atom is -0.497 e. The molecule has 0 spiro atoms. The van der Waals surface area contributed by atoms with E-state index in [-0.39, 0.29) is 42.6 Å². The Bertz CT molecular complexity index is 462. The third-order valence-corrected chi connectivity index (χ3v) is 3.12. The summed E-state index contributed by atoms with van der Waals surface area (Å²) >= 11 is 0. The average Bonchev–Trinajstić information content (AvgIpc) is 2.32. The summed E-state index contributed by atoms with van der Waals surface area (Å²) in [5.74, 6) is -2.27. The second-order valence-electron chi connectivity index (χ2n) is 4.28. The van der Waals surface area contributed by atoms with Crippen molar-refractivity contribution in [1.82, 2.24) is 5.32 Å². The summed E-state index contributed by atoms with van der Waals surface area (Å²) in [6.45, 7) is 0.217. The molecule has 0 radical (unpaired) electrons. The maximum Gasteiger partial charge on any atom is 0.220 e. The molecule has 7 heteroatoms. The van der Waals surface area contributed by atoms with E-state index in [9.17, 15) is 13.6 Å². The lowest BCUT2D eigenvalue weighted by Gasteiger charge is -2.29. The van der Waals surface area contributed by atoms with Crippen LogP contribution in [-0.4, -0.2) is 25.6 Å². The van der Waals surface area contributed by atoms with E-state index in [1.807, 2.05) is 0 Å². The molecule has 2 atom stereocenters. The fourth-order valence-electron chi connectivity index (χ4n) is 2.15. The molecule has 2 unspecified atom stereocenters. The number of nitrogens with one attached hydrogen (secondary N) is 1. The van der Waals surface area contributed by atoms with Crippen molar-refractivity contribution in [2.45, 2.75) is 18.4 Å². The van der Waals surface area contributed by atoms with Crippen molar-refractivity contribution < 1.29 is 18.3 Å². The quantitative estimate of drug-likeness (QED) is 0.864.